The second-order valence-corrected chi connectivity index (χ2v) is 2.55. The number of rotatable bonds is 6. The van der Waals surface area contributed by atoms with Crippen LogP contribution in [-0.2, 0) is 14.3 Å². The summed E-state index contributed by atoms with van der Waals surface area (Å²) in [5.74, 6) is -0.356. The number of hydrogen-bond acceptors (Lipinski definition) is 3. The maximum Gasteiger partial charge on any atom is 0.335 e. The van der Waals surface area contributed by atoms with Gasteiger partial charge in [-0.25, -0.2) is 4.79 Å². The second-order valence-electron chi connectivity index (χ2n) is 2.55. The third-order valence-electron chi connectivity index (χ3n) is 1.43. The minimum Gasteiger partial charge on any atom is -0.435 e. The second kappa shape index (κ2) is 6.85. The van der Waals surface area contributed by atoms with Crippen molar-refractivity contribution in [1.82, 2.24) is 0 Å². The Labute approximate surface area is 73.4 Å². The van der Waals surface area contributed by atoms with Crippen LogP contribution in [0.3, 0.4) is 0 Å². The minimum atomic E-state index is -0.356. The SMILES string of the molecule is C=C(CCCC)C(=O)OCOC. The number of esters is 1. The molecule has 0 radical (unpaired) electrons. The van der Waals surface area contributed by atoms with Crippen molar-refractivity contribution in [2.75, 3.05) is 13.9 Å². The molecule has 3 nitrogen and oxygen atoms in total. The molecule has 0 aromatic heterocycles. The Morgan fingerprint density at radius 1 is 1.50 bits per heavy atom. The van der Waals surface area contributed by atoms with Gasteiger partial charge in [0.15, 0.2) is 6.79 Å². The van der Waals surface area contributed by atoms with Crippen LogP contribution in [0.25, 0.3) is 0 Å². The molecular formula is C9H16O3. The predicted molar refractivity (Wildman–Crippen MR) is 46.6 cm³/mol. The predicted octanol–water partition coefficient (Wildman–Crippen LogP) is 1.88. The molecule has 0 aliphatic carbocycles. The summed E-state index contributed by atoms with van der Waals surface area (Å²) in [4.78, 5) is 11.0. The number of carbonyl (C=O) groups is 1. The molecule has 0 atom stereocenters. The first-order valence-corrected chi connectivity index (χ1v) is 4.06. The van der Waals surface area contributed by atoms with Gasteiger partial charge in [0.1, 0.15) is 0 Å². The Morgan fingerprint density at radius 2 is 2.17 bits per heavy atom. The van der Waals surface area contributed by atoms with E-state index in [-0.39, 0.29) is 12.8 Å². The van der Waals surface area contributed by atoms with E-state index < -0.39 is 0 Å². The van der Waals surface area contributed by atoms with Crippen LogP contribution >= 0.6 is 0 Å². The van der Waals surface area contributed by atoms with Gasteiger partial charge in [-0.3, -0.25) is 0 Å². The molecule has 0 fully saturated rings. The number of unbranched alkanes of at least 4 members (excludes halogenated alkanes) is 1. The Bertz CT molecular complexity index is 134. The lowest BCUT2D eigenvalue weighted by Gasteiger charge is -2.04. The third-order valence-corrected chi connectivity index (χ3v) is 1.43. The van der Waals surface area contributed by atoms with Gasteiger partial charge in [-0.15, -0.1) is 0 Å². The molecule has 3 heteroatoms. The lowest BCUT2D eigenvalue weighted by molar-refractivity contribution is -0.149. The van der Waals surface area contributed by atoms with Crippen LogP contribution in [0.5, 0.6) is 0 Å². The summed E-state index contributed by atoms with van der Waals surface area (Å²) in [6.45, 7) is 5.68. The van der Waals surface area contributed by atoms with Gasteiger partial charge in [-0.2, -0.15) is 0 Å². The molecule has 0 saturated heterocycles. The van der Waals surface area contributed by atoms with Crippen molar-refractivity contribution in [2.45, 2.75) is 26.2 Å². The van der Waals surface area contributed by atoms with Gasteiger partial charge < -0.3 is 9.47 Å². The van der Waals surface area contributed by atoms with Crippen molar-refractivity contribution in [3.8, 4) is 0 Å². The van der Waals surface area contributed by atoms with Crippen LogP contribution < -0.4 is 0 Å². The molecule has 0 N–H and O–H groups in total. The average Bonchev–Trinajstić information content (AvgIpc) is 2.10. The van der Waals surface area contributed by atoms with Gasteiger partial charge >= 0.3 is 5.97 Å². The molecule has 70 valence electrons. The quantitative estimate of drug-likeness (QED) is 0.348. The number of methoxy groups -OCH3 is 1. The molecule has 0 aromatic carbocycles. The summed E-state index contributed by atoms with van der Waals surface area (Å²) < 4.78 is 9.27. The summed E-state index contributed by atoms with van der Waals surface area (Å²) in [6, 6.07) is 0. The molecule has 0 aliphatic rings. The molecular weight excluding hydrogens is 156 g/mol. The van der Waals surface area contributed by atoms with Crippen molar-refractivity contribution in [3.63, 3.8) is 0 Å². The number of carbonyl (C=O) groups excluding carboxylic acids is 1. The maximum atomic E-state index is 11.0. The molecule has 0 aliphatic heterocycles. The first-order chi connectivity index (χ1) is 5.72. The number of ether oxygens (including phenoxy) is 2. The van der Waals surface area contributed by atoms with Gasteiger partial charge in [-0.1, -0.05) is 19.9 Å². The minimum absolute atomic E-state index is 0.00395. The maximum absolute atomic E-state index is 11.0. The normalized spacial score (nSPS) is 9.50. The molecule has 0 amide bonds. The smallest absolute Gasteiger partial charge is 0.335 e. The van der Waals surface area contributed by atoms with E-state index in [1.54, 1.807) is 0 Å². The van der Waals surface area contributed by atoms with Crippen molar-refractivity contribution >= 4 is 5.97 Å². The zero-order valence-electron chi connectivity index (χ0n) is 7.76. The van der Waals surface area contributed by atoms with Crippen LogP contribution in [0, 0.1) is 0 Å². The molecule has 0 spiro atoms. The van der Waals surface area contributed by atoms with E-state index in [0.29, 0.717) is 12.0 Å². The molecule has 0 unspecified atom stereocenters. The average molecular weight is 172 g/mol. The Balaban J connectivity index is 3.55. The van der Waals surface area contributed by atoms with Gasteiger partial charge in [-0.05, 0) is 12.8 Å². The van der Waals surface area contributed by atoms with E-state index in [9.17, 15) is 4.79 Å². The van der Waals surface area contributed by atoms with E-state index in [1.807, 2.05) is 0 Å². The summed E-state index contributed by atoms with van der Waals surface area (Å²) in [6.07, 6.45) is 2.73. The van der Waals surface area contributed by atoms with Crippen LogP contribution in [0.2, 0.25) is 0 Å². The third kappa shape index (κ3) is 4.91. The zero-order valence-corrected chi connectivity index (χ0v) is 7.76. The Morgan fingerprint density at radius 3 is 2.67 bits per heavy atom. The fourth-order valence-corrected chi connectivity index (χ4v) is 0.707. The molecule has 12 heavy (non-hydrogen) atoms. The Hall–Kier alpha value is -0.830. The summed E-state index contributed by atoms with van der Waals surface area (Å²) in [5, 5.41) is 0. The van der Waals surface area contributed by atoms with Crippen molar-refractivity contribution < 1.29 is 14.3 Å². The molecule has 0 saturated carbocycles. The van der Waals surface area contributed by atoms with Crippen molar-refractivity contribution in [2.24, 2.45) is 0 Å². The largest absolute Gasteiger partial charge is 0.435 e. The number of hydrogen-bond donors (Lipinski definition) is 0. The van der Waals surface area contributed by atoms with E-state index in [2.05, 4.69) is 23.0 Å². The van der Waals surface area contributed by atoms with Gasteiger partial charge in [0, 0.05) is 12.7 Å². The summed E-state index contributed by atoms with van der Waals surface area (Å²) >= 11 is 0. The summed E-state index contributed by atoms with van der Waals surface area (Å²) in [7, 11) is 1.47. The Kier molecular flexibility index (Phi) is 6.38. The zero-order chi connectivity index (χ0) is 9.40. The van der Waals surface area contributed by atoms with Crippen LogP contribution in [0.4, 0.5) is 0 Å². The fourth-order valence-electron chi connectivity index (χ4n) is 0.707. The van der Waals surface area contributed by atoms with Crippen molar-refractivity contribution in [1.29, 1.82) is 0 Å². The molecule has 0 bridgehead atoms. The lowest BCUT2D eigenvalue weighted by atomic mass is 10.1. The van der Waals surface area contributed by atoms with Crippen LogP contribution in [0.15, 0.2) is 12.2 Å². The van der Waals surface area contributed by atoms with Crippen LogP contribution in [-0.4, -0.2) is 19.9 Å². The van der Waals surface area contributed by atoms with E-state index in [0.717, 1.165) is 12.8 Å². The molecule has 0 aromatic rings. The highest BCUT2D eigenvalue weighted by Crippen LogP contribution is 2.06. The molecule has 0 heterocycles. The van der Waals surface area contributed by atoms with E-state index in [4.69, 9.17) is 0 Å². The standard InChI is InChI=1S/C9H16O3/c1-4-5-6-8(2)9(10)12-7-11-3/h2,4-7H2,1,3H3. The highest BCUT2D eigenvalue weighted by atomic mass is 16.7. The lowest BCUT2D eigenvalue weighted by Crippen LogP contribution is -2.09. The van der Waals surface area contributed by atoms with Crippen LogP contribution in [0.1, 0.15) is 26.2 Å². The first-order valence-electron chi connectivity index (χ1n) is 4.06. The topological polar surface area (TPSA) is 35.5 Å². The monoisotopic (exact) mass is 172 g/mol. The summed E-state index contributed by atoms with van der Waals surface area (Å²) in [5.41, 5.74) is 0.522. The van der Waals surface area contributed by atoms with E-state index in [1.165, 1.54) is 7.11 Å². The van der Waals surface area contributed by atoms with Gasteiger partial charge in [0.2, 0.25) is 0 Å². The van der Waals surface area contributed by atoms with Gasteiger partial charge in [0.05, 0.1) is 0 Å². The highest BCUT2D eigenvalue weighted by molar-refractivity contribution is 5.87. The van der Waals surface area contributed by atoms with E-state index >= 15 is 0 Å². The highest BCUT2D eigenvalue weighted by Gasteiger charge is 2.06. The van der Waals surface area contributed by atoms with Crippen molar-refractivity contribution in [3.05, 3.63) is 12.2 Å². The first kappa shape index (κ1) is 11.2. The van der Waals surface area contributed by atoms with Gasteiger partial charge in [0.25, 0.3) is 0 Å². The molecule has 0 rings (SSSR count). The fraction of sp³-hybridized carbons (Fsp3) is 0.667.